The Labute approximate surface area is 234 Å². The van der Waals surface area contributed by atoms with Crippen LogP contribution in [0.4, 0.5) is 0 Å². The second-order valence-corrected chi connectivity index (χ2v) is 14.2. The highest BCUT2D eigenvalue weighted by Gasteiger charge is 2.91. The number of ether oxygens (including phenoxy) is 1. The van der Waals surface area contributed by atoms with E-state index < -0.39 is 24.9 Å². The number of hydrogen-bond donors (Lipinski definition) is 2. The lowest BCUT2D eigenvalue weighted by atomic mass is 9.59. The zero-order valence-corrected chi connectivity index (χ0v) is 23.5. The lowest BCUT2D eigenvalue weighted by molar-refractivity contribution is -0.148. The van der Waals surface area contributed by atoms with Gasteiger partial charge in [-0.05, 0) is 68.1 Å². The summed E-state index contributed by atoms with van der Waals surface area (Å²) in [7, 11) is -4.41. The fourth-order valence-electron chi connectivity index (χ4n) is 8.74. The molecule has 212 valence electrons. The molecule has 9 heteroatoms. The average molecular weight is 566 g/mol. The van der Waals surface area contributed by atoms with Crippen molar-refractivity contribution in [2.75, 3.05) is 13.2 Å². The van der Waals surface area contributed by atoms with Crippen molar-refractivity contribution in [2.45, 2.75) is 92.9 Å². The minimum Gasteiger partial charge on any atom is -0.477 e. The van der Waals surface area contributed by atoms with E-state index in [9.17, 15) is 19.4 Å². The van der Waals surface area contributed by atoms with Gasteiger partial charge in [0.2, 0.25) is 0 Å². The number of rotatable bonds is 12. The number of Topliss-reactive ketones (excluding diaryl/α,β-unsaturated/α-hetero) is 1. The van der Waals surface area contributed by atoms with E-state index in [4.69, 9.17) is 13.8 Å². The number of phosphoric ester groups is 1. The smallest absolute Gasteiger partial charge is 0.477 e. The highest BCUT2D eigenvalue weighted by atomic mass is 31.2. The molecule has 2 aromatic rings. The standard InChI is InChI=1S/C31H36NO7P/c33-23-15-16-31(34)28-30(32(28)18-21-11-12-21)19-29(31)25-22(30)13-14-24(26(25)38-27(23)29)39-40(35,36)37-17-7-2-1-4-8-20-9-5-3-6-10-20/h3,5-6,9-10,13-14,21,27-28,34H,1-2,4,7-8,11-12,15-19H2,(H,35,36). The average Bonchev–Trinajstić information content (AvgIpc) is 3.78. The van der Waals surface area contributed by atoms with Crippen molar-refractivity contribution in [2.24, 2.45) is 5.92 Å². The predicted molar refractivity (Wildman–Crippen MR) is 146 cm³/mol. The number of piperidine rings is 1. The van der Waals surface area contributed by atoms with E-state index in [-0.39, 0.29) is 36.1 Å². The van der Waals surface area contributed by atoms with E-state index in [0.717, 1.165) is 43.4 Å². The molecule has 4 aliphatic carbocycles. The zero-order valence-electron chi connectivity index (χ0n) is 22.6. The SMILES string of the molecule is O=C1CCC2(O)C3N(CC4CC4)C34CC23c2c4ccc(OP(=O)(O)OCCCCCCc4ccccc4)c2OC13. The van der Waals surface area contributed by atoms with Crippen molar-refractivity contribution >= 4 is 13.6 Å². The Morgan fingerprint density at radius 1 is 1.07 bits per heavy atom. The third-order valence-corrected chi connectivity index (χ3v) is 11.5. The summed E-state index contributed by atoms with van der Waals surface area (Å²) in [5.41, 5.74) is 1.10. The van der Waals surface area contributed by atoms with E-state index in [1.165, 1.54) is 18.4 Å². The minimum absolute atomic E-state index is 0.00462. The number of aryl methyl sites for hydroxylation is 1. The molecular weight excluding hydrogens is 529 g/mol. The molecule has 2 spiro atoms. The van der Waals surface area contributed by atoms with Gasteiger partial charge in [-0.3, -0.25) is 19.1 Å². The molecule has 8 rings (SSSR count). The largest absolute Gasteiger partial charge is 0.527 e. The van der Waals surface area contributed by atoms with Gasteiger partial charge in [-0.1, -0.05) is 49.2 Å². The first-order valence-corrected chi connectivity index (χ1v) is 16.4. The van der Waals surface area contributed by atoms with Crippen LogP contribution >= 0.6 is 7.82 Å². The van der Waals surface area contributed by atoms with Gasteiger partial charge in [-0.25, -0.2) is 4.57 Å². The van der Waals surface area contributed by atoms with Crippen LogP contribution < -0.4 is 9.26 Å². The molecule has 7 unspecified atom stereocenters. The van der Waals surface area contributed by atoms with E-state index in [1.54, 1.807) is 6.07 Å². The van der Waals surface area contributed by atoms with E-state index in [2.05, 4.69) is 17.0 Å². The van der Waals surface area contributed by atoms with E-state index in [0.29, 0.717) is 30.9 Å². The highest BCUT2D eigenvalue weighted by Crippen LogP contribution is 2.82. The first-order chi connectivity index (χ1) is 19.3. The first kappa shape index (κ1) is 25.5. The van der Waals surface area contributed by atoms with Crippen LogP contribution in [0.15, 0.2) is 42.5 Å². The number of benzene rings is 2. The second kappa shape index (κ2) is 8.65. The minimum atomic E-state index is -4.41. The summed E-state index contributed by atoms with van der Waals surface area (Å²) < 4.78 is 30.1. The Morgan fingerprint density at radius 3 is 2.67 bits per heavy atom. The summed E-state index contributed by atoms with van der Waals surface area (Å²) in [5, 5.41) is 12.2. The van der Waals surface area contributed by atoms with E-state index in [1.807, 2.05) is 24.3 Å². The molecule has 4 fully saturated rings. The van der Waals surface area contributed by atoms with Crippen LogP contribution in [0.5, 0.6) is 11.5 Å². The Balaban J connectivity index is 0.969. The Morgan fingerprint density at radius 2 is 1.88 bits per heavy atom. The summed E-state index contributed by atoms with van der Waals surface area (Å²) in [4.78, 5) is 26.1. The number of carbonyl (C=O) groups is 1. The van der Waals surface area contributed by atoms with Gasteiger partial charge in [0.05, 0.1) is 29.2 Å². The van der Waals surface area contributed by atoms with Gasteiger partial charge < -0.3 is 14.4 Å². The summed E-state index contributed by atoms with van der Waals surface area (Å²) in [5.74, 6) is 1.12. The van der Waals surface area contributed by atoms with Gasteiger partial charge in [0.25, 0.3) is 0 Å². The number of carbonyl (C=O) groups excluding carboxylic acids is 1. The molecule has 3 saturated carbocycles. The van der Waals surface area contributed by atoms with Crippen LogP contribution in [0.1, 0.15) is 74.5 Å². The molecule has 2 aliphatic heterocycles. The maximum Gasteiger partial charge on any atom is 0.527 e. The van der Waals surface area contributed by atoms with Crippen LogP contribution in [0.25, 0.3) is 0 Å². The van der Waals surface area contributed by atoms with Crippen molar-refractivity contribution in [3.63, 3.8) is 0 Å². The normalized spacial score (nSPS) is 37.0. The Kier molecular flexibility index (Phi) is 5.51. The topological polar surface area (TPSA) is 105 Å². The summed E-state index contributed by atoms with van der Waals surface area (Å²) >= 11 is 0. The number of phosphoric acid groups is 1. The van der Waals surface area contributed by atoms with Crippen molar-refractivity contribution in [3.05, 3.63) is 59.2 Å². The summed E-state index contributed by atoms with van der Waals surface area (Å²) in [6.07, 6.45) is 7.69. The molecule has 2 aromatic carbocycles. The number of hydrogen-bond acceptors (Lipinski definition) is 7. The third kappa shape index (κ3) is 3.40. The molecule has 6 aliphatic rings. The number of aliphatic hydroxyl groups is 1. The van der Waals surface area contributed by atoms with Crippen molar-refractivity contribution in [1.82, 2.24) is 4.90 Å². The van der Waals surface area contributed by atoms with Crippen LogP contribution in [-0.4, -0.2) is 51.6 Å². The second-order valence-electron chi connectivity index (χ2n) is 12.8. The van der Waals surface area contributed by atoms with Crippen molar-refractivity contribution < 1.29 is 33.1 Å². The molecule has 2 N–H and O–H groups in total. The Bertz CT molecular complexity index is 1430. The zero-order chi connectivity index (χ0) is 27.3. The predicted octanol–water partition coefficient (Wildman–Crippen LogP) is 4.79. The van der Waals surface area contributed by atoms with Gasteiger partial charge in [-0.2, -0.15) is 0 Å². The van der Waals surface area contributed by atoms with Gasteiger partial charge >= 0.3 is 7.82 Å². The molecule has 0 amide bonds. The van der Waals surface area contributed by atoms with Crippen LogP contribution in [-0.2, 0) is 31.3 Å². The quantitative estimate of drug-likeness (QED) is 0.215. The van der Waals surface area contributed by atoms with Gasteiger partial charge in [0.15, 0.2) is 23.4 Å². The lowest BCUT2D eigenvalue weighted by Gasteiger charge is -2.47. The number of nitrogens with zero attached hydrogens (tertiary/aromatic N) is 1. The molecule has 1 saturated heterocycles. The highest BCUT2D eigenvalue weighted by molar-refractivity contribution is 7.47. The first-order valence-electron chi connectivity index (χ1n) is 14.9. The fourth-order valence-corrected chi connectivity index (χ4v) is 9.55. The number of likely N-dealkylation sites (tertiary alicyclic amines) is 1. The maximum absolute atomic E-state index is 13.1. The number of fused-ring (bicyclic) bond motifs is 1. The van der Waals surface area contributed by atoms with Crippen LogP contribution in [0.3, 0.4) is 0 Å². The van der Waals surface area contributed by atoms with Crippen LogP contribution in [0.2, 0.25) is 0 Å². The van der Waals surface area contributed by atoms with E-state index >= 15 is 0 Å². The molecule has 2 heterocycles. The molecule has 0 aromatic heterocycles. The van der Waals surface area contributed by atoms with Crippen molar-refractivity contribution in [3.8, 4) is 11.5 Å². The molecule has 7 atom stereocenters. The molecule has 2 bridgehead atoms. The number of ketones is 1. The molecule has 8 nitrogen and oxygen atoms in total. The van der Waals surface area contributed by atoms with Gasteiger partial charge in [0, 0.05) is 18.5 Å². The monoisotopic (exact) mass is 565 g/mol. The molecule has 0 radical (unpaired) electrons. The molecular formula is C31H36NO7P. The van der Waals surface area contributed by atoms with Gasteiger partial charge in [-0.15, -0.1) is 0 Å². The maximum atomic E-state index is 13.1. The lowest BCUT2D eigenvalue weighted by Crippen LogP contribution is -2.64. The van der Waals surface area contributed by atoms with Gasteiger partial charge in [0.1, 0.15) is 0 Å². The molecule has 40 heavy (non-hydrogen) atoms. The van der Waals surface area contributed by atoms with Crippen molar-refractivity contribution in [1.29, 1.82) is 0 Å². The Hall–Kier alpha value is -2.22. The fraction of sp³-hybridized carbons (Fsp3) is 0.581. The number of unbranched alkanes of at least 4 members (excludes halogenated alkanes) is 3. The third-order valence-electron chi connectivity index (χ3n) is 10.6. The van der Waals surface area contributed by atoms with Crippen LogP contribution in [0, 0.1) is 5.92 Å². The summed E-state index contributed by atoms with van der Waals surface area (Å²) in [6.45, 7) is 1.09. The summed E-state index contributed by atoms with van der Waals surface area (Å²) in [6, 6.07) is 14.0.